The van der Waals surface area contributed by atoms with E-state index in [1.807, 2.05) is 36.7 Å². The zero-order valence-corrected chi connectivity index (χ0v) is 24.0. The zero-order chi connectivity index (χ0) is 29.1. The van der Waals surface area contributed by atoms with E-state index in [-0.39, 0.29) is 5.41 Å². The van der Waals surface area contributed by atoms with Crippen LogP contribution in [0.15, 0.2) is 134 Å². The van der Waals surface area contributed by atoms with Crippen molar-refractivity contribution >= 4 is 38.9 Å². The summed E-state index contributed by atoms with van der Waals surface area (Å²) in [5.74, 6) is 0. The maximum atomic E-state index is 9.50. The SMILES string of the molecule is CC1(C)c2ccccc2N(c2ccc(-c3cccc(-n4c5ccncc5c5cc(C#N)ccc54)c3)cc2)c2ccccc21. The average Bonchev–Trinajstić information content (AvgIpc) is 3.39. The molecule has 0 radical (unpaired) electrons. The molecule has 5 aromatic carbocycles. The highest BCUT2D eigenvalue weighted by Crippen LogP contribution is 2.51. The number of para-hydroxylation sites is 2. The third-order valence-corrected chi connectivity index (χ3v) is 8.90. The number of benzene rings is 5. The van der Waals surface area contributed by atoms with Crippen LogP contribution in [0, 0.1) is 11.3 Å². The maximum absolute atomic E-state index is 9.50. The third-order valence-electron chi connectivity index (χ3n) is 8.90. The van der Waals surface area contributed by atoms with Gasteiger partial charge in [-0.05, 0) is 82.9 Å². The lowest BCUT2D eigenvalue weighted by Crippen LogP contribution is -2.30. The highest BCUT2D eigenvalue weighted by molar-refractivity contribution is 6.09. The van der Waals surface area contributed by atoms with E-state index in [0.717, 1.165) is 44.3 Å². The molecule has 3 heterocycles. The summed E-state index contributed by atoms with van der Waals surface area (Å²) in [6.07, 6.45) is 3.71. The molecule has 4 heteroatoms. The van der Waals surface area contributed by atoms with Crippen LogP contribution in [0.3, 0.4) is 0 Å². The van der Waals surface area contributed by atoms with Crippen molar-refractivity contribution in [1.29, 1.82) is 5.26 Å². The Morgan fingerprint density at radius 2 is 1.33 bits per heavy atom. The molecule has 8 rings (SSSR count). The van der Waals surface area contributed by atoms with E-state index in [0.29, 0.717) is 5.56 Å². The minimum absolute atomic E-state index is 0.0802. The van der Waals surface area contributed by atoms with Crippen LogP contribution in [-0.4, -0.2) is 9.55 Å². The lowest BCUT2D eigenvalue weighted by molar-refractivity contribution is 0.632. The van der Waals surface area contributed by atoms with Gasteiger partial charge in [0.1, 0.15) is 0 Å². The van der Waals surface area contributed by atoms with Crippen LogP contribution in [0.5, 0.6) is 0 Å². The van der Waals surface area contributed by atoms with Gasteiger partial charge in [0, 0.05) is 40.0 Å². The van der Waals surface area contributed by atoms with Crippen molar-refractivity contribution < 1.29 is 0 Å². The van der Waals surface area contributed by atoms with Gasteiger partial charge in [-0.1, -0.05) is 74.5 Å². The Kier molecular flexibility index (Phi) is 5.51. The van der Waals surface area contributed by atoms with Gasteiger partial charge >= 0.3 is 0 Å². The van der Waals surface area contributed by atoms with Crippen molar-refractivity contribution in [2.75, 3.05) is 4.90 Å². The largest absolute Gasteiger partial charge is 0.310 e. The molecule has 2 aromatic heterocycles. The number of pyridine rings is 1. The minimum Gasteiger partial charge on any atom is -0.310 e. The van der Waals surface area contributed by atoms with Crippen LogP contribution in [0.4, 0.5) is 17.1 Å². The summed E-state index contributed by atoms with van der Waals surface area (Å²) in [5, 5.41) is 11.6. The van der Waals surface area contributed by atoms with E-state index in [1.54, 1.807) is 0 Å². The molecule has 7 aromatic rings. The van der Waals surface area contributed by atoms with Crippen LogP contribution in [0.2, 0.25) is 0 Å². The average molecular weight is 553 g/mol. The van der Waals surface area contributed by atoms with E-state index in [2.05, 4.69) is 131 Å². The minimum atomic E-state index is -0.0802. The summed E-state index contributed by atoms with van der Waals surface area (Å²) in [6, 6.07) is 45.2. The molecule has 4 nitrogen and oxygen atoms in total. The molecule has 0 N–H and O–H groups in total. The number of hydrogen-bond acceptors (Lipinski definition) is 3. The van der Waals surface area contributed by atoms with Crippen LogP contribution in [0.25, 0.3) is 38.6 Å². The van der Waals surface area contributed by atoms with E-state index in [4.69, 9.17) is 0 Å². The summed E-state index contributed by atoms with van der Waals surface area (Å²) in [5.41, 5.74) is 12.3. The summed E-state index contributed by atoms with van der Waals surface area (Å²) >= 11 is 0. The molecule has 0 saturated heterocycles. The van der Waals surface area contributed by atoms with Crippen molar-refractivity contribution in [2.45, 2.75) is 19.3 Å². The molecule has 1 aliphatic rings. The van der Waals surface area contributed by atoms with E-state index < -0.39 is 0 Å². The third kappa shape index (κ3) is 3.79. The second kappa shape index (κ2) is 9.44. The predicted molar refractivity (Wildman–Crippen MR) is 176 cm³/mol. The second-order valence-corrected chi connectivity index (χ2v) is 11.7. The van der Waals surface area contributed by atoms with Gasteiger partial charge in [-0.2, -0.15) is 5.26 Å². The van der Waals surface area contributed by atoms with Gasteiger partial charge in [-0.25, -0.2) is 0 Å². The standard InChI is InChI=1S/C39H28N4/c1-39(2)33-10-3-5-12-37(33)42(38-13-6-4-11-34(38)39)29-17-15-27(16-18-29)28-8-7-9-30(23-28)43-35-19-14-26(24-40)22-31(35)32-25-41-21-20-36(32)43/h3-23,25H,1-2H3. The van der Waals surface area contributed by atoms with Crippen LogP contribution >= 0.6 is 0 Å². The normalized spacial score (nSPS) is 13.5. The van der Waals surface area contributed by atoms with Crippen molar-refractivity contribution in [1.82, 2.24) is 9.55 Å². The summed E-state index contributed by atoms with van der Waals surface area (Å²) < 4.78 is 2.26. The molecule has 0 amide bonds. The molecule has 0 spiro atoms. The topological polar surface area (TPSA) is 44.9 Å². The molecular formula is C39H28N4. The van der Waals surface area contributed by atoms with E-state index in [1.165, 1.54) is 22.5 Å². The second-order valence-electron chi connectivity index (χ2n) is 11.7. The lowest BCUT2D eigenvalue weighted by Gasteiger charge is -2.42. The van der Waals surface area contributed by atoms with Crippen molar-refractivity contribution in [3.8, 4) is 22.9 Å². The first-order valence-corrected chi connectivity index (χ1v) is 14.5. The molecule has 43 heavy (non-hydrogen) atoms. The van der Waals surface area contributed by atoms with Gasteiger partial charge in [0.25, 0.3) is 0 Å². The Labute approximate surface area is 250 Å². The smallest absolute Gasteiger partial charge is 0.0991 e. The molecule has 204 valence electrons. The van der Waals surface area contributed by atoms with Crippen molar-refractivity contribution in [3.63, 3.8) is 0 Å². The van der Waals surface area contributed by atoms with E-state index >= 15 is 0 Å². The number of nitriles is 1. The van der Waals surface area contributed by atoms with Crippen LogP contribution < -0.4 is 4.90 Å². The van der Waals surface area contributed by atoms with Gasteiger partial charge in [-0.3, -0.25) is 4.98 Å². The number of aromatic nitrogens is 2. The number of hydrogen-bond donors (Lipinski definition) is 0. The molecule has 0 bridgehead atoms. The quantitative estimate of drug-likeness (QED) is 0.219. The van der Waals surface area contributed by atoms with Gasteiger partial charge < -0.3 is 9.47 Å². The Morgan fingerprint density at radius 3 is 2.05 bits per heavy atom. The maximum Gasteiger partial charge on any atom is 0.0991 e. The first kappa shape index (κ1) is 25.1. The van der Waals surface area contributed by atoms with Crippen LogP contribution in [-0.2, 0) is 5.41 Å². The number of fused-ring (bicyclic) bond motifs is 5. The highest BCUT2D eigenvalue weighted by Gasteiger charge is 2.36. The molecular weight excluding hydrogens is 524 g/mol. The molecule has 0 saturated carbocycles. The summed E-state index contributed by atoms with van der Waals surface area (Å²) in [4.78, 5) is 6.76. The van der Waals surface area contributed by atoms with Gasteiger partial charge in [-0.15, -0.1) is 0 Å². The monoisotopic (exact) mass is 552 g/mol. The predicted octanol–water partition coefficient (Wildman–Crippen LogP) is 9.83. The molecule has 1 aliphatic heterocycles. The Hall–Kier alpha value is -5.66. The van der Waals surface area contributed by atoms with Gasteiger partial charge in [0.15, 0.2) is 0 Å². The Bertz CT molecular complexity index is 2180. The lowest BCUT2D eigenvalue weighted by atomic mass is 9.73. The summed E-state index contributed by atoms with van der Waals surface area (Å²) in [7, 11) is 0. The first-order chi connectivity index (χ1) is 21.0. The number of rotatable bonds is 3. The van der Waals surface area contributed by atoms with Gasteiger partial charge in [0.05, 0.1) is 34.0 Å². The van der Waals surface area contributed by atoms with E-state index in [9.17, 15) is 5.26 Å². The number of anilines is 3. The summed E-state index contributed by atoms with van der Waals surface area (Å²) in [6.45, 7) is 4.63. The zero-order valence-electron chi connectivity index (χ0n) is 24.0. The highest BCUT2D eigenvalue weighted by atomic mass is 15.2. The molecule has 0 unspecified atom stereocenters. The fourth-order valence-electron chi connectivity index (χ4n) is 6.79. The molecule has 0 atom stereocenters. The fraction of sp³-hybridized carbons (Fsp3) is 0.0769. The van der Waals surface area contributed by atoms with Crippen LogP contribution in [0.1, 0.15) is 30.5 Å². The van der Waals surface area contributed by atoms with Crippen molar-refractivity contribution in [2.24, 2.45) is 0 Å². The van der Waals surface area contributed by atoms with Crippen molar-refractivity contribution in [3.05, 3.63) is 150 Å². The Balaban J connectivity index is 1.22. The fourth-order valence-corrected chi connectivity index (χ4v) is 6.79. The Morgan fingerprint density at radius 1 is 0.628 bits per heavy atom. The molecule has 0 fully saturated rings. The molecule has 0 aliphatic carbocycles. The first-order valence-electron chi connectivity index (χ1n) is 14.5. The van der Waals surface area contributed by atoms with Gasteiger partial charge in [0.2, 0.25) is 0 Å². The number of nitrogens with zero attached hydrogens (tertiary/aromatic N) is 4.